The zero-order valence-corrected chi connectivity index (χ0v) is 28.0. The van der Waals surface area contributed by atoms with Gasteiger partial charge in [-0.3, -0.25) is 0 Å². The summed E-state index contributed by atoms with van der Waals surface area (Å²) in [5.41, 5.74) is 13.1. The van der Waals surface area contributed by atoms with Gasteiger partial charge in [0.15, 0.2) is 0 Å². The Morgan fingerprint density at radius 2 is 1.02 bits per heavy atom. The van der Waals surface area contributed by atoms with Crippen LogP contribution in [0.1, 0.15) is 0 Å². The standard InChI is InChI=1S/C49H28N2O/c1-2-13-29(14-3-1)47-40-28-37(49-46(36-20-7-11-24-44(36)52-49)45(40)35-19-4-8-21-41(35)50-47)31-16-12-15-30(25-31)32-26-38-33-17-5-9-22-42(33)51-43-23-10-6-18-34(43)39(27-32)48(38)51/h1-28H. The summed E-state index contributed by atoms with van der Waals surface area (Å²) >= 11 is 0. The van der Waals surface area contributed by atoms with Gasteiger partial charge in [0, 0.05) is 59.6 Å². The van der Waals surface area contributed by atoms with E-state index in [4.69, 9.17) is 9.40 Å². The highest BCUT2D eigenvalue weighted by atomic mass is 16.3. The van der Waals surface area contributed by atoms with Crippen LogP contribution in [0.15, 0.2) is 174 Å². The number of hydrogen-bond acceptors (Lipinski definition) is 2. The first kappa shape index (κ1) is 27.8. The minimum absolute atomic E-state index is 0.882. The predicted octanol–water partition coefficient (Wildman–Crippen LogP) is 13.4. The van der Waals surface area contributed by atoms with Crippen molar-refractivity contribution >= 4 is 81.7 Å². The van der Waals surface area contributed by atoms with Crippen molar-refractivity contribution in [1.82, 2.24) is 9.38 Å². The van der Waals surface area contributed by atoms with Crippen molar-refractivity contribution in [3.8, 4) is 33.5 Å². The monoisotopic (exact) mass is 660 g/mol. The van der Waals surface area contributed by atoms with Crippen molar-refractivity contribution in [2.24, 2.45) is 0 Å². The van der Waals surface area contributed by atoms with E-state index >= 15 is 0 Å². The lowest BCUT2D eigenvalue weighted by Crippen LogP contribution is -1.92. The average molecular weight is 661 g/mol. The molecule has 0 spiro atoms. The molecule has 3 heteroatoms. The first-order chi connectivity index (χ1) is 25.8. The maximum absolute atomic E-state index is 6.84. The number of pyridine rings is 1. The number of hydrogen-bond donors (Lipinski definition) is 0. The van der Waals surface area contributed by atoms with Gasteiger partial charge >= 0.3 is 0 Å². The summed E-state index contributed by atoms with van der Waals surface area (Å²) in [5.74, 6) is 0. The molecular weight excluding hydrogens is 633 g/mol. The molecule has 0 saturated carbocycles. The number of furan rings is 1. The van der Waals surface area contributed by atoms with Gasteiger partial charge < -0.3 is 8.82 Å². The van der Waals surface area contributed by atoms with E-state index in [9.17, 15) is 0 Å². The maximum Gasteiger partial charge on any atom is 0.143 e. The Labute approximate surface area is 297 Å². The molecule has 12 rings (SSSR count). The lowest BCUT2D eigenvalue weighted by molar-refractivity contribution is 0.670. The van der Waals surface area contributed by atoms with Crippen molar-refractivity contribution in [3.05, 3.63) is 170 Å². The third-order valence-electron chi connectivity index (χ3n) is 11.1. The van der Waals surface area contributed by atoms with Crippen molar-refractivity contribution in [1.29, 1.82) is 0 Å². The number of rotatable bonds is 3. The molecule has 0 radical (unpaired) electrons. The van der Waals surface area contributed by atoms with Crippen LogP contribution in [-0.2, 0) is 0 Å². The zero-order chi connectivity index (χ0) is 33.9. The number of fused-ring (bicyclic) bond motifs is 13. The molecule has 0 fully saturated rings. The molecule has 0 amide bonds. The molecule has 0 bridgehead atoms. The Bertz CT molecular complexity index is 3320. The number of nitrogens with zero attached hydrogens (tertiary/aromatic N) is 2. The van der Waals surface area contributed by atoms with Gasteiger partial charge in [0.1, 0.15) is 11.2 Å². The van der Waals surface area contributed by atoms with E-state index in [2.05, 4.69) is 174 Å². The molecule has 8 aromatic carbocycles. The fourth-order valence-electron chi connectivity index (χ4n) is 8.84. The van der Waals surface area contributed by atoms with E-state index in [0.29, 0.717) is 0 Å². The Morgan fingerprint density at radius 3 is 1.79 bits per heavy atom. The second-order valence-electron chi connectivity index (χ2n) is 13.9. The maximum atomic E-state index is 6.84. The molecule has 4 heterocycles. The number of aromatic nitrogens is 2. The van der Waals surface area contributed by atoms with Gasteiger partial charge in [-0.05, 0) is 65.2 Å². The molecule has 0 atom stereocenters. The smallest absolute Gasteiger partial charge is 0.143 e. The van der Waals surface area contributed by atoms with Crippen LogP contribution in [0.25, 0.3) is 115 Å². The molecule has 12 aromatic rings. The van der Waals surface area contributed by atoms with Gasteiger partial charge in [0.25, 0.3) is 0 Å². The van der Waals surface area contributed by atoms with E-state index in [1.54, 1.807) is 0 Å². The van der Waals surface area contributed by atoms with Crippen molar-refractivity contribution in [3.63, 3.8) is 0 Å². The zero-order valence-electron chi connectivity index (χ0n) is 28.0. The summed E-state index contributed by atoms with van der Waals surface area (Å²) < 4.78 is 9.28. The molecule has 0 N–H and O–H groups in total. The molecular formula is C49H28N2O. The van der Waals surface area contributed by atoms with E-state index in [1.165, 1.54) is 54.6 Å². The van der Waals surface area contributed by atoms with Crippen LogP contribution < -0.4 is 0 Å². The highest BCUT2D eigenvalue weighted by Gasteiger charge is 2.22. The van der Waals surface area contributed by atoms with Gasteiger partial charge in [-0.1, -0.05) is 121 Å². The first-order valence-corrected chi connectivity index (χ1v) is 17.8. The van der Waals surface area contributed by atoms with Crippen LogP contribution in [0.4, 0.5) is 0 Å². The second-order valence-corrected chi connectivity index (χ2v) is 13.9. The van der Waals surface area contributed by atoms with E-state index in [-0.39, 0.29) is 0 Å². The largest absolute Gasteiger partial charge is 0.455 e. The summed E-state index contributed by atoms with van der Waals surface area (Å²) in [4.78, 5) is 5.30. The molecule has 0 aliphatic rings. The van der Waals surface area contributed by atoms with E-state index in [0.717, 1.165) is 60.6 Å². The topological polar surface area (TPSA) is 30.4 Å². The molecule has 4 aromatic heterocycles. The summed E-state index contributed by atoms with van der Waals surface area (Å²) in [5, 5.41) is 10.8. The predicted molar refractivity (Wildman–Crippen MR) is 217 cm³/mol. The first-order valence-electron chi connectivity index (χ1n) is 17.8. The Kier molecular flexibility index (Phi) is 5.50. The van der Waals surface area contributed by atoms with Gasteiger partial charge in [0.2, 0.25) is 0 Å². The van der Waals surface area contributed by atoms with Gasteiger partial charge in [-0.15, -0.1) is 0 Å². The van der Waals surface area contributed by atoms with Crippen molar-refractivity contribution in [2.45, 2.75) is 0 Å². The lowest BCUT2D eigenvalue weighted by Gasteiger charge is -2.14. The summed E-state index contributed by atoms with van der Waals surface area (Å²) in [6.07, 6.45) is 0. The molecule has 0 aliphatic heterocycles. The van der Waals surface area contributed by atoms with Crippen LogP contribution in [0.5, 0.6) is 0 Å². The molecule has 240 valence electrons. The minimum Gasteiger partial charge on any atom is -0.455 e. The SMILES string of the molecule is c1ccc(-c2nc3ccccc3c3c2cc(-c2cccc(-c4cc5c6ccccc6n6c7ccccc7c(c4)c56)c2)c2oc4ccccc4c23)cc1. The van der Waals surface area contributed by atoms with Crippen LogP contribution >= 0.6 is 0 Å². The van der Waals surface area contributed by atoms with Crippen LogP contribution in [0.2, 0.25) is 0 Å². The fourth-order valence-corrected chi connectivity index (χ4v) is 8.84. The highest BCUT2D eigenvalue weighted by Crippen LogP contribution is 2.47. The Balaban J connectivity index is 1.17. The molecule has 0 unspecified atom stereocenters. The summed E-state index contributed by atoms with van der Waals surface area (Å²) in [6.45, 7) is 0. The molecule has 0 aliphatic carbocycles. The van der Waals surface area contributed by atoms with Crippen molar-refractivity contribution < 1.29 is 4.42 Å². The lowest BCUT2D eigenvalue weighted by atomic mass is 9.91. The quantitative estimate of drug-likeness (QED) is 0.177. The highest BCUT2D eigenvalue weighted by molar-refractivity contribution is 6.31. The molecule has 52 heavy (non-hydrogen) atoms. The van der Waals surface area contributed by atoms with Crippen LogP contribution in [-0.4, -0.2) is 9.38 Å². The van der Waals surface area contributed by atoms with Crippen molar-refractivity contribution in [2.75, 3.05) is 0 Å². The number of para-hydroxylation sites is 4. The average Bonchev–Trinajstić information content (AvgIpc) is 3.88. The van der Waals surface area contributed by atoms with Gasteiger partial charge in [-0.25, -0.2) is 4.98 Å². The third-order valence-corrected chi connectivity index (χ3v) is 11.1. The fraction of sp³-hybridized carbons (Fsp3) is 0. The summed E-state index contributed by atoms with van der Waals surface area (Å²) in [7, 11) is 0. The Hall–Kier alpha value is -6.97. The van der Waals surface area contributed by atoms with Crippen LogP contribution in [0.3, 0.4) is 0 Å². The number of benzene rings is 8. The van der Waals surface area contributed by atoms with E-state index in [1.807, 2.05) is 0 Å². The Morgan fingerprint density at radius 1 is 0.404 bits per heavy atom. The normalized spacial score (nSPS) is 12.2. The van der Waals surface area contributed by atoms with Gasteiger partial charge in [-0.2, -0.15) is 0 Å². The third kappa shape index (κ3) is 3.72. The molecule has 3 nitrogen and oxygen atoms in total. The van der Waals surface area contributed by atoms with E-state index < -0.39 is 0 Å². The molecule has 0 saturated heterocycles. The second kappa shape index (κ2) is 10.3. The van der Waals surface area contributed by atoms with Gasteiger partial charge in [0.05, 0.1) is 27.8 Å². The van der Waals surface area contributed by atoms with Crippen LogP contribution in [0, 0.1) is 0 Å². The minimum atomic E-state index is 0.882. The summed E-state index contributed by atoms with van der Waals surface area (Å²) in [6, 6.07) is 61.0.